The summed E-state index contributed by atoms with van der Waals surface area (Å²) in [6.07, 6.45) is 4.12. The number of nitrogens with zero attached hydrogens (tertiary/aromatic N) is 3. The minimum Gasteiger partial charge on any atom is -0.427 e. The van der Waals surface area contributed by atoms with Crippen molar-refractivity contribution >= 4 is 29.8 Å². The first-order valence-electron chi connectivity index (χ1n) is 10.7. The third-order valence-corrected chi connectivity index (χ3v) is 6.02. The Kier molecular flexibility index (Phi) is 7.34. The van der Waals surface area contributed by atoms with E-state index in [0.29, 0.717) is 12.0 Å². The van der Waals surface area contributed by atoms with Gasteiger partial charge in [-0.2, -0.15) is 0 Å². The van der Waals surface area contributed by atoms with Crippen LogP contribution in [-0.2, 0) is 9.39 Å². The molecule has 163 valence electrons. The van der Waals surface area contributed by atoms with Crippen molar-refractivity contribution in [2.24, 2.45) is 0 Å². The van der Waals surface area contributed by atoms with Crippen molar-refractivity contribution in [1.29, 1.82) is 0 Å². The first kappa shape index (κ1) is 22.9. The highest BCUT2D eigenvalue weighted by Gasteiger charge is 2.35. The maximum atomic E-state index is 10.2. The molecule has 1 aliphatic rings. The van der Waals surface area contributed by atoms with E-state index in [-0.39, 0.29) is 0 Å². The average Bonchev–Trinajstić information content (AvgIpc) is 2.70. The maximum Gasteiger partial charge on any atom is 0.330 e. The summed E-state index contributed by atoms with van der Waals surface area (Å²) >= 11 is 0. The van der Waals surface area contributed by atoms with Gasteiger partial charge in [0.2, 0.25) is 5.95 Å². The zero-order valence-corrected chi connectivity index (χ0v) is 18.8. The SMILES string of the molecule is COCCN1CCCC(Nc2ncc3cc([B]OC(C)(C)C(C)(C)O)ccc3n2)C1. The fourth-order valence-corrected chi connectivity index (χ4v) is 3.33. The van der Waals surface area contributed by atoms with Gasteiger partial charge in [0.25, 0.3) is 0 Å². The van der Waals surface area contributed by atoms with Crippen molar-refractivity contribution < 1.29 is 14.5 Å². The Morgan fingerprint density at radius 2 is 2.10 bits per heavy atom. The predicted octanol–water partition coefficient (Wildman–Crippen LogP) is 1.96. The topological polar surface area (TPSA) is 79.7 Å². The van der Waals surface area contributed by atoms with E-state index >= 15 is 0 Å². The molecule has 1 aromatic carbocycles. The van der Waals surface area contributed by atoms with Gasteiger partial charge in [-0.05, 0) is 53.1 Å². The van der Waals surface area contributed by atoms with Crippen molar-refractivity contribution in [3.8, 4) is 0 Å². The Labute approximate surface area is 180 Å². The summed E-state index contributed by atoms with van der Waals surface area (Å²) in [5, 5.41) is 14.7. The summed E-state index contributed by atoms with van der Waals surface area (Å²) in [6.45, 7) is 11.0. The fourth-order valence-electron chi connectivity index (χ4n) is 3.33. The van der Waals surface area contributed by atoms with Crippen molar-refractivity contribution in [3.05, 3.63) is 24.4 Å². The van der Waals surface area contributed by atoms with Crippen molar-refractivity contribution in [1.82, 2.24) is 14.9 Å². The molecule has 0 aliphatic carbocycles. The first-order valence-corrected chi connectivity index (χ1v) is 10.7. The molecule has 30 heavy (non-hydrogen) atoms. The molecular formula is C22H34BN4O3. The Morgan fingerprint density at radius 1 is 1.30 bits per heavy atom. The van der Waals surface area contributed by atoms with E-state index in [9.17, 15) is 5.11 Å². The van der Waals surface area contributed by atoms with E-state index in [2.05, 4.69) is 20.2 Å². The van der Waals surface area contributed by atoms with Gasteiger partial charge >= 0.3 is 7.48 Å². The maximum absolute atomic E-state index is 10.2. The highest BCUT2D eigenvalue weighted by molar-refractivity contribution is 6.47. The summed E-state index contributed by atoms with van der Waals surface area (Å²) in [7, 11) is 3.42. The minimum absolute atomic E-state index is 0.345. The summed E-state index contributed by atoms with van der Waals surface area (Å²) in [5.74, 6) is 0.664. The van der Waals surface area contributed by atoms with E-state index in [0.717, 1.165) is 55.4 Å². The number of aliphatic hydroxyl groups is 1. The molecule has 1 aliphatic heterocycles. The van der Waals surface area contributed by atoms with E-state index in [1.165, 1.54) is 0 Å². The normalized spacial score (nSPS) is 18.5. The van der Waals surface area contributed by atoms with Crippen LogP contribution in [0.2, 0.25) is 0 Å². The second kappa shape index (κ2) is 9.60. The van der Waals surface area contributed by atoms with Crippen LogP contribution in [0, 0.1) is 0 Å². The number of anilines is 1. The number of piperidine rings is 1. The summed E-state index contributed by atoms with van der Waals surface area (Å²) in [5.41, 5.74) is 0.134. The lowest BCUT2D eigenvalue weighted by Gasteiger charge is -2.37. The average molecular weight is 413 g/mol. The Balaban J connectivity index is 1.62. The summed E-state index contributed by atoms with van der Waals surface area (Å²) < 4.78 is 11.0. The van der Waals surface area contributed by atoms with Gasteiger partial charge in [0.15, 0.2) is 0 Å². The van der Waals surface area contributed by atoms with Crippen LogP contribution in [0.4, 0.5) is 5.95 Å². The molecule has 3 rings (SSSR count). The number of hydrogen-bond donors (Lipinski definition) is 2. The summed E-state index contributed by atoms with van der Waals surface area (Å²) in [4.78, 5) is 11.6. The monoisotopic (exact) mass is 413 g/mol. The number of likely N-dealkylation sites (tertiary alicyclic amines) is 1. The van der Waals surface area contributed by atoms with Crippen molar-refractivity contribution in [3.63, 3.8) is 0 Å². The van der Waals surface area contributed by atoms with Crippen LogP contribution in [0.25, 0.3) is 10.9 Å². The fraction of sp³-hybridized carbons (Fsp3) is 0.636. The van der Waals surface area contributed by atoms with Gasteiger partial charge in [0.05, 0.1) is 23.3 Å². The molecule has 1 saturated heterocycles. The molecule has 0 saturated carbocycles. The third kappa shape index (κ3) is 5.91. The number of hydrogen-bond acceptors (Lipinski definition) is 7. The largest absolute Gasteiger partial charge is 0.427 e. The van der Waals surface area contributed by atoms with Crippen molar-refractivity contribution in [2.75, 3.05) is 38.7 Å². The number of ether oxygens (including phenoxy) is 1. The van der Waals surface area contributed by atoms with Gasteiger partial charge in [-0.3, -0.25) is 4.90 Å². The predicted molar refractivity (Wildman–Crippen MR) is 121 cm³/mol. The lowest BCUT2D eigenvalue weighted by molar-refractivity contribution is -0.0893. The molecular weight excluding hydrogens is 379 g/mol. The smallest absolute Gasteiger partial charge is 0.330 e. The molecule has 1 radical (unpaired) electrons. The Bertz CT molecular complexity index is 841. The molecule has 0 bridgehead atoms. The minimum atomic E-state index is -0.956. The van der Waals surface area contributed by atoms with Crippen molar-refractivity contribution in [2.45, 2.75) is 57.8 Å². The number of fused-ring (bicyclic) bond motifs is 1. The number of aromatic nitrogens is 2. The highest BCUT2D eigenvalue weighted by atomic mass is 16.5. The molecule has 2 aromatic rings. The van der Waals surface area contributed by atoms with Gasteiger partial charge in [-0.15, -0.1) is 0 Å². The molecule has 1 aromatic heterocycles. The quantitative estimate of drug-likeness (QED) is 0.609. The Morgan fingerprint density at radius 3 is 2.83 bits per heavy atom. The third-order valence-electron chi connectivity index (χ3n) is 6.02. The zero-order valence-electron chi connectivity index (χ0n) is 18.8. The van der Waals surface area contributed by atoms with Crippen LogP contribution < -0.4 is 10.8 Å². The van der Waals surface area contributed by atoms with Crippen LogP contribution in [0.15, 0.2) is 24.4 Å². The molecule has 0 spiro atoms. The lowest BCUT2D eigenvalue weighted by Crippen LogP contribution is -2.49. The summed E-state index contributed by atoms with van der Waals surface area (Å²) in [6, 6.07) is 6.28. The standard InChI is InChI=1S/C22H34BN4O3/c1-21(2,28)22(3,4)30-23-17-8-9-19-16(13-17)14-24-20(26-19)25-18-7-6-10-27(15-18)11-12-29-5/h8-9,13-14,18,28H,6-7,10-12,15H2,1-5H3,(H,24,25,26). The molecule has 7 nitrogen and oxygen atoms in total. The van der Waals surface area contributed by atoms with Crippen LogP contribution in [0.1, 0.15) is 40.5 Å². The molecule has 1 atom stereocenters. The molecule has 0 amide bonds. The molecule has 2 heterocycles. The lowest BCUT2D eigenvalue weighted by atomic mass is 9.82. The van der Waals surface area contributed by atoms with Crippen LogP contribution in [0.5, 0.6) is 0 Å². The van der Waals surface area contributed by atoms with E-state index in [4.69, 9.17) is 9.39 Å². The molecule has 8 heteroatoms. The Hall–Kier alpha value is -1.74. The van der Waals surface area contributed by atoms with Gasteiger partial charge < -0.3 is 19.8 Å². The molecule has 1 fully saturated rings. The van der Waals surface area contributed by atoms with Crippen LogP contribution in [-0.4, -0.2) is 78.1 Å². The first-order chi connectivity index (χ1) is 14.2. The second-order valence-electron chi connectivity index (χ2n) is 9.09. The van der Waals surface area contributed by atoms with E-state index in [1.807, 2.05) is 38.2 Å². The zero-order chi connectivity index (χ0) is 21.8. The van der Waals surface area contributed by atoms with Crippen LogP contribution >= 0.6 is 0 Å². The highest BCUT2D eigenvalue weighted by Crippen LogP contribution is 2.24. The van der Waals surface area contributed by atoms with E-state index in [1.54, 1.807) is 28.4 Å². The van der Waals surface area contributed by atoms with E-state index < -0.39 is 11.2 Å². The molecule has 2 N–H and O–H groups in total. The van der Waals surface area contributed by atoms with Crippen LogP contribution in [0.3, 0.4) is 0 Å². The number of benzene rings is 1. The second-order valence-corrected chi connectivity index (χ2v) is 9.09. The number of nitrogens with one attached hydrogen (secondary N) is 1. The number of methoxy groups -OCH3 is 1. The number of rotatable bonds is 9. The van der Waals surface area contributed by atoms with Gasteiger partial charge in [0.1, 0.15) is 0 Å². The van der Waals surface area contributed by atoms with Gasteiger partial charge in [-0.1, -0.05) is 17.6 Å². The van der Waals surface area contributed by atoms with Gasteiger partial charge in [-0.25, -0.2) is 9.97 Å². The van der Waals surface area contributed by atoms with Gasteiger partial charge in [0, 0.05) is 37.8 Å². The molecule has 1 unspecified atom stereocenters.